The lowest BCUT2D eigenvalue weighted by molar-refractivity contribution is 0.134. The van der Waals surface area contributed by atoms with E-state index in [1.165, 1.54) is 24.1 Å². The van der Waals surface area contributed by atoms with Crippen LogP contribution >= 0.6 is 0 Å². The maximum Gasteiger partial charge on any atom is 0.0450 e. The SMILES string of the molecule is Cc1ccc(C(N)C(C)N2CCCN(C)CC2C)cc1. The number of nitrogens with zero attached hydrogens (tertiary/aromatic N) is 2. The Kier molecular flexibility index (Phi) is 5.19. The topological polar surface area (TPSA) is 32.5 Å². The summed E-state index contributed by atoms with van der Waals surface area (Å²) >= 11 is 0. The summed E-state index contributed by atoms with van der Waals surface area (Å²) in [6.45, 7) is 10.2. The summed E-state index contributed by atoms with van der Waals surface area (Å²) in [7, 11) is 2.21. The van der Waals surface area contributed by atoms with E-state index in [0.29, 0.717) is 12.1 Å². The Morgan fingerprint density at radius 3 is 2.50 bits per heavy atom. The summed E-state index contributed by atoms with van der Waals surface area (Å²) in [5, 5.41) is 0. The number of nitrogens with two attached hydrogens (primary N) is 1. The minimum atomic E-state index is 0.0847. The second-order valence-electron chi connectivity index (χ2n) is 6.38. The number of likely N-dealkylation sites (N-methyl/N-ethyl adjacent to an activating group) is 1. The van der Waals surface area contributed by atoms with E-state index in [1.807, 2.05) is 0 Å². The van der Waals surface area contributed by atoms with Gasteiger partial charge in [-0.25, -0.2) is 0 Å². The summed E-state index contributed by atoms with van der Waals surface area (Å²) < 4.78 is 0. The first-order valence-electron chi connectivity index (χ1n) is 7.75. The van der Waals surface area contributed by atoms with Gasteiger partial charge in [0, 0.05) is 31.2 Å². The van der Waals surface area contributed by atoms with Gasteiger partial charge in [0.25, 0.3) is 0 Å². The molecule has 1 aromatic carbocycles. The summed E-state index contributed by atoms with van der Waals surface area (Å²) in [5.74, 6) is 0. The van der Waals surface area contributed by atoms with Crippen LogP contribution in [0.25, 0.3) is 0 Å². The van der Waals surface area contributed by atoms with Gasteiger partial charge in [-0.05, 0) is 46.3 Å². The van der Waals surface area contributed by atoms with Crippen LogP contribution in [0.1, 0.15) is 37.4 Å². The average Bonchev–Trinajstić information content (AvgIpc) is 2.58. The Balaban J connectivity index is 2.08. The van der Waals surface area contributed by atoms with E-state index < -0.39 is 0 Å². The molecule has 0 saturated carbocycles. The van der Waals surface area contributed by atoms with Gasteiger partial charge in [0.15, 0.2) is 0 Å². The van der Waals surface area contributed by atoms with Crippen LogP contribution in [0.5, 0.6) is 0 Å². The van der Waals surface area contributed by atoms with Crippen LogP contribution in [0.15, 0.2) is 24.3 Å². The van der Waals surface area contributed by atoms with Gasteiger partial charge in [-0.15, -0.1) is 0 Å². The van der Waals surface area contributed by atoms with Crippen molar-refractivity contribution < 1.29 is 0 Å². The standard InChI is InChI=1S/C17H29N3/c1-13-6-8-16(9-7-13)17(18)15(3)20-11-5-10-19(4)12-14(20)2/h6-9,14-15,17H,5,10-12,18H2,1-4H3. The highest BCUT2D eigenvalue weighted by molar-refractivity contribution is 5.25. The second-order valence-corrected chi connectivity index (χ2v) is 6.38. The highest BCUT2D eigenvalue weighted by Crippen LogP contribution is 2.22. The molecule has 1 aliphatic heterocycles. The van der Waals surface area contributed by atoms with Crippen molar-refractivity contribution in [2.24, 2.45) is 5.73 Å². The van der Waals surface area contributed by atoms with Gasteiger partial charge >= 0.3 is 0 Å². The third-order valence-corrected chi connectivity index (χ3v) is 4.60. The van der Waals surface area contributed by atoms with Crippen LogP contribution in [0.3, 0.4) is 0 Å². The van der Waals surface area contributed by atoms with Crippen LogP contribution < -0.4 is 5.73 Å². The van der Waals surface area contributed by atoms with Crippen LogP contribution in [-0.2, 0) is 0 Å². The monoisotopic (exact) mass is 275 g/mol. The van der Waals surface area contributed by atoms with Crippen molar-refractivity contribution >= 4 is 0 Å². The fourth-order valence-electron chi connectivity index (χ4n) is 3.27. The predicted molar refractivity (Wildman–Crippen MR) is 85.9 cm³/mol. The lowest BCUT2D eigenvalue weighted by atomic mass is 9.98. The lowest BCUT2D eigenvalue weighted by Gasteiger charge is -2.36. The van der Waals surface area contributed by atoms with E-state index in [0.717, 1.165) is 13.1 Å². The fraction of sp³-hybridized carbons (Fsp3) is 0.647. The quantitative estimate of drug-likeness (QED) is 0.919. The molecule has 0 aliphatic carbocycles. The molecule has 3 atom stereocenters. The Labute approximate surface area is 123 Å². The molecule has 2 N–H and O–H groups in total. The van der Waals surface area contributed by atoms with E-state index in [2.05, 4.69) is 61.9 Å². The zero-order valence-electron chi connectivity index (χ0n) is 13.3. The van der Waals surface area contributed by atoms with Gasteiger partial charge in [0.1, 0.15) is 0 Å². The number of hydrogen-bond acceptors (Lipinski definition) is 3. The van der Waals surface area contributed by atoms with E-state index >= 15 is 0 Å². The molecule has 3 nitrogen and oxygen atoms in total. The molecule has 1 saturated heterocycles. The van der Waals surface area contributed by atoms with Crippen molar-refractivity contribution in [2.75, 3.05) is 26.7 Å². The van der Waals surface area contributed by atoms with E-state index in [-0.39, 0.29) is 6.04 Å². The predicted octanol–water partition coefficient (Wildman–Crippen LogP) is 2.41. The zero-order chi connectivity index (χ0) is 14.7. The molecule has 112 valence electrons. The Morgan fingerprint density at radius 2 is 1.85 bits per heavy atom. The van der Waals surface area contributed by atoms with Crippen molar-refractivity contribution in [1.82, 2.24) is 9.80 Å². The average molecular weight is 275 g/mol. The first-order chi connectivity index (χ1) is 9.49. The van der Waals surface area contributed by atoms with Crippen LogP contribution in [0.4, 0.5) is 0 Å². The molecule has 0 aromatic heterocycles. The van der Waals surface area contributed by atoms with E-state index in [9.17, 15) is 0 Å². The highest BCUT2D eigenvalue weighted by Gasteiger charge is 2.28. The van der Waals surface area contributed by atoms with Crippen molar-refractivity contribution in [3.63, 3.8) is 0 Å². The summed E-state index contributed by atoms with van der Waals surface area (Å²) in [4.78, 5) is 5.00. The third kappa shape index (κ3) is 3.60. The minimum Gasteiger partial charge on any atom is -0.323 e. The first-order valence-corrected chi connectivity index (χ1v) is 7.75. The second kappa shape index (κ2) is 6.70. The van der Waals surface area contributed by atoms with Crippen LogP contribution in [0, 0.1) is 6.92 Å². The molecule has 1 fully saturated rings. The molecule has 0 bridgehead atoms. The van der Waals surface area contributed by atoms with Gasteiger partial charge in [-0.3, -0.25) is 4.90 Å². The van der Waals surface area contributed by atoms with E-state index in [1.54, 1.807) is 0 Å². The van der Waals surface area contributed by atoms with Crippen LogP contribution in [-0.4, -0.2) is 48.6 Å². The molecule has 1 heterocycles. The van der Waals surface area contributed by atoms with Crippen molar-refractivity contribution in [1.29, 1.82) is 0 Å². The lowest BCUT2D eigenvalue weighted by Crippen LogP contribution is -2.47. The van der Waals surface area contributed by atoms with Gasteiger partial charge < -0.3 is 10.6 Å². The number of rotatable bonds is 3. The molecule has 2 rings (SSSR count). The molecule has 0 radical (unpaired) electrons. The summed E-state index contributed by atoms with van der Waals surface area (Å²) in [6.07, 6.45) is 1.23. The van der Waals surface area contributed by atoms with Gasteiger partial charge in [-0.1, -0.05) is 29.8 Å². The molecular weight excluding hydrogens is 246 g/mol. The molecule has 0 spiro atoms. The van der Waals surface area contributed by atoms with Crippen molar-refractivity contribution in [3.8, 4) is 0 Å². The first kappa shape index (κ1) is 15.5. The highest BCUT2D eigenvalue weighted by atomic mass is 15.3. The number of aryl methyl sites for hydroxylation is 1. The molecule has 20 heavy (non-hydrogen) atoms. The maximum absolute atomic E-state index is 6.51. The van der Waals surface area contributed by atoms with Crippen LogP contribution in [0.2, 0.25) is 0 Å². The molecule has 1 aliphatic rings. The fourth-order valence-corrected chi connectivity index (χ4v) is 3.27. The molecular formula is C17H29N3. The molecule has 3 unspecified atom stereocenters. The third-order valence-electron chi connectivity index (χ3n) is 4.60. The largest absolute Gasteiger partial charge is 0.323 e. The van der Waals surface area contributed by atoms with Gasteiger partial charge in [0.2, 0.25) is 0 Å². The smallest absolute Gasteiger partial charge is 0.0450 e. The van der Waals surface area contributed by atoms with Crippen molar-refractivity contribution in [2.45, 2.75) is 45.3 Å². The summed E-state index contributed by atoms with van der Waals surface area (Å²) in [6, 6.07) is 9.67. The Bertz CT molecular complexity index is 415. The maximum atomic E-state index is 6.51. The van der Waals surface area contributed by atoms with Crippen molar-refractivity contribution in [3.05, 3.63) is 35.4 Å². The summed E-state index contributed by atoms with van der Waals surface area (Å²) in [5.41, 5.74) is 9.05. The Morgan fingerprint density at radius 1 is 1.20 bits per heavy atom. The molecule has 1 aromatic rings. The zero-order valence-corrected chi connectivity index (χ0v) is 13.3. The minimum absolute atomic E-state index is 0.0847. The molecule has 3 heteroatoms. The number of benzene rings is 1. The molecule has 0 amide bonds. The van der Waals surface area contributed by atoms with Gasteiger partial charge in [-0.2, -0.15) is 0 Å². The number of hydrogen-bond donors (Lipinski definition) is 1. The Hall–Kier alpha value is -0.900. The normalized spacial score (nSPS) is 25.1. The van der Waals surface area contributed by atoms with Gasteiger partial charge in [0.05, 0.1) is 0 Å². The van der Waals surface area contributed by atoms with E-state index in [4.69, 9.17) is 5.73 Å².